The number of ketones is 1. The van der Waals surface area contributed by atoms with E-state index in [-0.39, 0.29) is 0 Å². The molecule has 19 heavy (non-hydrogen) atoms. The summed E-state index contributed by atoms with van der Waals surface area (Å²) in [4.78, 5) is 11.7. The molecular formula is C14H17F3O2. The van der Waals surface area contributed by atoms with Crippen molar-refractivity contribution < 1.29 is 22.7 Å². The van der Waals surface area contributed by atoms with Crippen LogP contribution in [0.4, 0.5) is 13.2 Å². The first-order valence-corrected chi connectivity index (χ1v) is 6.04. The Kier molecular flexibility index (Phi) is 5.54. The molecule has 0 aliphatic heterocycles. The van der Waals surface area contributed by atoms with Crippen LogP contribution in [-0.2, 0) is 11.2 Å². The third-order valence-electron chi connectivity index (χ3n) is 2.39. The molecule has 0 radical (unpaired) electrons. The molecule has 0 bridgehead atoms. The van der Waals surface area contributed by atoms with Crippen LogP contribution in [0.5, 0.6) is 0 Å². The summed E-state index contributed by atoms with van der Waals surface area (Å²) in [6.07, 6.45) is -3.58. The summed E-state index contributed by atoms with van der Waals surface area (Å²) in [5.41, 5.74) is 1.39. The highest BCUT2D eigenvalue weighted by Gasteiger charge is 2.27. The van der Waals surface area contributed by atoms with Gasteiger partial charge in [-0.2, -0.15) is 13.2 Å². The molecule has 0 amide bonds. The van der Waals surface area contributed by atoms with Crippen LogP contribution in [0.2, 0.25) is 0 Å². The maximum Gasteiger partial charge on any atom is 0.411 e. The van der Waals surface area contributed by atoms with E-state index in [1.165, 1.54) is 0 Å². The van der Waals surface area contributed by atoms with E-state index in [0.717, 1.165) is 12.0 Å². The molecule has 0 saturated carbocycles. The lowest BCUT2D eigenvalue weighted by molar-refractivity contribution is -0.170. The minimum absolute atomic E-state index is 0.389. The number of Topliss-reactive ketones (excluding diaryl/α,β-unsaturated/α-hetero) is 1. The molecule has 0 aliphatic carbocycles. The maximum atomic E-state index is 11.9. The van der Waals surface area contributed by atoms with Gasteiger partial charge in [0.2, 0.25) is 0 Å². The van der Waals surface area contributed by atoms with E-state index in [1.807, 2.05) is 6.07 Å². The zero-order valence-corrected chi connectivity index (χ0v) is 11.0. The minimum atomic E-state index is -4.40. The van der Waals surface area contributed by atoms with Crippen LogP contribution in [0.1, 0.15) is 29.8 Å². The number of carbonyl (C=O) groups excluding carboxylic acids is 1. The van der Waals surface area contributed by atoms with Gasteiger partial charge in [0.05, 0.1) is 0 Å². The van der Waals surface area contributed by atoms with E-state index < -0.39 is 25.2 Å². The average molecular weight is 274 g/mol. The minimum Gasteiger partial charge on any atom is -0.364 e. The van der Waals surface area contributed by atoms with Gasteiger partial charge >= 0.3 is 6.18 Å². The highest BCUT2D eigenvalue weighted by atomic mass is 19.4. The number of hydrogen-bond acceptors (Lipinski definition) is 2. The molecule has 0 N–H and O–H groups in total. The van der Waals surface area contributed by atoms with Crippen molar-refractivity contribution in [3.8, 4) is 0 Å². The molecule has 0 unspecified atom stereocenters. The fraction of sp³-hybridized carbons (Fsp3) is 0.500. The van der Waals surface area contributed by atoms with Crippen molar-refractivity contribution in [2.24, 2.45) is 5.92 Å². The molecular weight excluding hydrogens is 257 g/mol. The molecule has 1 rings (SSSR count). The Morgan fingerprint density at radius 3 is 2.58 bits per heavy atom. The van der Waals surface area contributed by atoms with Gasteiger partial charge in [0, 0.05) is 5.56 Å². The second-order valence-corrected chi connectivity index (χ2v) is 4.83. The van der Waals surface area contributed by atoms with E-state index in [2.05, 4.69) is 18.6 Å². The summed E-state index contributed by atoms with van der Waals surface area (Å²) in [6, 6.07) is 6.92. The Morgan fingerprint density at radius 1 is 1.32 bits per heavy atom. The highest BCUT2D eigenvalue weighted by Crippen LogP contribution is 2.15. The van der Waals surface area contributed by atoms with Gasteiger partial charge in [-0.1, -0.05) is 32.0 Å². The summed E-state index contributed by atoms with van der Waals surface area (Å²) in [6.45, 7) is 2.16. The molecule has 1 aromatic rings. The van der Waals surface area contributed by atoms with Crippen LogP contribution in [0.3, 0.4) is 0 Å². The van der Waals surface area contributed by atoms with E-state index in [1.54, 1.807) is 18.2 Å². The predicted octanol–water partition coefficient (Wildman–Crippen LogP) is 3.65. The van der Waals surface area contributed by atoms with Crippen LogP contribution >= 0.6 is 0 Å². The summed E-state index contributed by atoms with van der Waals surface area (Å²) in [5.74, 6) is 0.0155. The van der Waals surface area contributed by atoms with Crippen LogP contribution in [0.25, 0.3) is 0 Å². The normalized spacial score (nSPS) is 11.9. The van der Waals surface area contributed by atoms with Gasteiger partial charge in [-0.3, -0.25) is 4.79 Å². The third kappa shape index (κ3) is 6.38. The summed E-state index contributed by atoms with van der Waals surface area (Å²) in [7, 11) is 0. The van der Waals surface area contributed by atoms with E-state index in [9.17, 15) is 18.0 Å². The smallest absolute Gasteiger partial charge is 0.364 e. The highest BCUT2D eigenvalue weighted by molar-refractivity contribution is 5.97. The zero-order chi connectivity index (χ0) is 14.5. The van der Waals surface area contributed by atoms with E-state index in [0.29, 0.717) is 11.5 Å². The van der Waals surface area contributed by atoms with E-state index in [4.69, 9.17) is 0 Å². The molecule has 0 atom stereocenters. The Balaban J connectivity index is 2.57. The summed E-state index contributed by atoms with van der Waals surface area (Å²) < 4.78 is 40.0. The number of alkyl halides is 3. The first-order valence-electron chi connectivity index (χ1n) is 6.04. The first-order chi connectivity index (χ1) is 8.78. The third-order valence-corrected chi connectivity index (χ3v) is 2.39. The molecule has 0 fully saturated rings. The van der Waals surface area contributed by atoms with Gasteiger partial charge < -0.3 is 4.74 Å². The topological polar surface area (TPSA) is 26.3 Å². The Hall–Kier alpha value is -1.36. The molecule has 1 aromatic carbocycles. The Bertz CT molecular complexity index is 425. The SMILES string of the molecule is CC(C)Cc1cccc(C(=O)COCC(F)(F)F)c1. The number of ether oxygens (including phenoxy) is 1. The lowest BCUT2D eigenvalue weighted by Gasteiger charge is -2.09. The number of benzene rings is 1. The zero-order valence-electron chi connectivity index (χ0n) is 11.0. The van der Waals surface area contributed by atoms with Crippen molar-refractivity contribution in [2.75, 3.05) is 13.2 Å². The fourth-order valence-corrected chi connectivity index (χ4v) is 1.69. The van der Waals surface area contributed by atoms with Crippen molar-refractivity contribution in [1.82, 2.24) is 0 Å². The van der Waals surface area contributed by atoms with E-state index >= 15 is 0 Å². The molecule has 2 nitrogen and oxygen atoms in total. The number of carbonyl (C=O) groups is 1. The van der Waals surface area contributed by atoms with Gasteiger partial charge in [-0.05, 0) is 24.0 Å². The monoisotopic (exact) mass is 274 g/mol. The maximum absolute atomic E-state index is 11.9. The average Bonchev–Trinajstić information content (AvgIpc) is 2.26. The van der Waals surface area contributed by atoms with Crippen molar-refractivity contribution in [3.63, 3.8) is 0 Å². The standard InChI is InChI=1S/C14H17F3O2/c1-10(2)6-11-4-3-5-12(7-11)13(18)8-19-9-14(15,16)17/h3-5,7,10H,6,8-9H2,1-2H3. The Morgan fingerprint density at radius 2 is 2.00 bits per heavy atom. The second-order valence-electron chi connectivity index (χ2n) is 4.83. The first kappa shape index (κ1) is 15.7. The lowest BCUT2D eigenvalue weighted by atomic mass is 10.00. The largest absolute Gasteiger partial charge is 0.411 e. The van der Waals surface area contributed by atoms with Crippen molar-refractivity contribution in [2.45, 2.75) is 26.4 Å². The summed E-state index contributed by atoms with van der Waals surface area (Å²) >= 11 is 0. The van der Waals surface area contributed by atoms with Crippen molar-refractivity contribution in [3.05, 3.63) is 35.4 Å². The number of hydrogen-bond donors (Lipinski definition) is 0. The van der Waals surface area contributed by atoms with Gasteiger partial charge in [0.1, 0.15) is 13.2 Å². The second kappa shape index (κ2) is 6.70. The predicted molar refractivity (Wildman–Crippen MR) is 66.2 cm³/mol. The number of rotatable bonds is 6. The van der Waals surface area contributed by atoms with Gasteiger partial charge in [-0.15, -0.1) is 0 Å². The van der Waals surface area contributed by atoms with Crippen LogP contribution < -0.4 is 0 Å². The number of halogens is 3. The summed E-state index contributed by atoms with van der Waals surface area (Å²) in [5, 5.41) is 0. The molecule has 0 aliphatic rings. The van der Waals surface area contributed by atoms with Gasteiger partial charge in [0.25, 0.3) is 0 Å². The van der Waals surface area contributed by atoms with Gasteiger partial charge in [-0.25, -0.2) is 0 Å². The quantitative estimate of drug-likeness (QED) is 0.740. The fourth-order valence-electron chi connectivity index (χ4n) is 1.69. The van der Waals surface area contributed by atoms with Crippen LogP contribution in [-0.4, -0.2) is 25.2 Å². The van der Waals surface area contributed by atoms with Gasteiger partial charge in [0.15, 0.2) is 5.78 Å². The molecule has 5 heteroatoms. The van der Waals surface area contributed by atoms with Crippen molar-refractivity contribution in [1.29, 1.82) is 0 Å². The molecule has 0 aromatic heterocycles. The molecule has 0 saturated heterocycles. The molecule has 0 heterocycles. The van der Waals surface area contributed by atoms with Crippen LogP contribution in [0.15, 0.2) is 24.3 Å². The lowest BCUT2D eigenvalue weighted by Crippen LogP contribution is -2.20. The molecule has 0 spiro atoms. The molecule has 106 valence electrons. The van der Waals surface area contributed by atoms with Crippen molar-refractivity contribution >= 4 is 5.78 Å². The Labute approximate surface area is 110 Å². The van der Waals surface area contributed by atoms with Crippen LogP contribution in [0, 0.1) is 5.92 Å².